The summed E-state index contributed by atoms with van der Waals surface area (Å²) in [7, 11) is 0. The minimum atomic E-state index is 0.868. The molecule has 64 valence electrons. The van der Waals surface area contributed by atoms with Gasteiger partial charge in [0.15, 0.2) is 0 Å². The summed E-state index contributed by atoms with van der Waals surface area (Å²) >= 11 is 0. The monoisotopic (exact) mass is 160 g/mol. The van der Waals surface area contributed by atoms with Crippen molar-refractivity contribution in [3.05, 3.63) is 23.3 Å². The van der Waals surface area contributed by atoms with Crippen LogP contribution >= 0.6 is 0 Å². The Morgan fingerprint density at radius 3 is 2.75 bits per heavy atom. The molecule has 3 unspecified atom stereocenters. The van der Waals surface area contributed by atoms with E-state index in [1.54, 1.807) is 0 Å². The summed E-state index contributed by atoms with van der Waals surface area (Å²) in [6.45, 7) is 2.40. The molecule has 0 spiro atoms. The molecule has 0 aromatic heterocycles. The standard InChI is InChI=1S/C12H16/c1-8-2-5-11-9-3-4-10(7-9)12(11)6-8/h3-4,8-10H,2,5-7H2,1H3. The maximum Gasteiger partial charge on any atom is -0.00114 e. The van der Waals surface area contributed by atoms with Crippen LogP contribution in [-0.4, -0.2) is 0 Å². The van der Waals surface area contributed by atoms with Crippen LogP contribution in [-0.2, 0) is 0 Å². The molecule has 0 saturated carbocycles. The van der Waals surface area contributed by atoms with Gasteiger partial charge < -0.3 is 0 Å². The molecule has 0 nitrogen and oxygen atoms in total. The molecule has 0 heteroatoms. The first-order valence-corrected chi connectivity index (χ1v) is 5.24. The molecule has 2 bridgehead atoms. The minimum absolute atomic E-state index is 0.868. The predicted molar refractivity (Wildman–Crippen MR) is 50.8 cm³/mol. The fourth-order valence-electron chi connectivity index (χ4n) is 3.20. The number of rotatable bonds is 0. The second kappa shape index (κ2) is 2.25. The van der Waals surface area contributed by atoms with E-state index in [1.807, 2.05) is 11.1 Å². The highest BCUT2D eigenvalue weighted by Crippen LogP contribution is 2.50. The van der Waals surface area contributed by atoms with Crippen molar-refractivity contribution < 1.29 is 0 Å². The van der Waals surface area contributed by atoms with Crippen LogP contribution in [0, 0.1) is 17.8 Å². The SMILES string of the molecule is CC1CCC2=C(C1)C1C=CC2C1. The summed E-state index contributed by atoms with van der Waals surface area (Å²) in [4.78, 5) is 0. The van der Waals surface area contributed by atoms with Gasteiger partial charge in [0.05, 0.1) is 0 Å². The van der Waals surface area contributed by atoms with Gasteiger partial charge in [0.1, 0.15) is 0 Å². The Morgan fingerprint density at radius 1 is 1.17 bits per heavy atom. The zero-order valence-corrected chi connectivity index (χ0v) is 7.72. The van der Waals surface area contributed by atoms with Crippen molar-refractivity contribution in [2.45, 2.75) is 32.6 Å². The van der Waals surface area contributed by atoms with E-state index >= 15 is 0 Å². The van der Waals surface area contributed by atoms with Crippen molar-refractivity contribution in [2.75, 3.05) is 0 Å². The van der Waals surface area contributed by atoms with E-state index in [-0.39, 0.29) is 0 Å². The summed E-state index contributed by atoms with van der Waals surface area (Å²) < 4.78 is 0. The van der Waals surface area contributed by atoms with Crippen LogP contribution in [0.2, 0.25) is 0 Å². The van der Waals surface area contributed by atoms with Crippen molar-refractivity contribution in [1.29, 1.82) is 0 Å². The quantitative estimate of drug-likeness (QED) is 0.477. The number of allylic oxidation sites excluding steroid dienone is 4. The van der Waals surface area contributed by atoms with E-state index in [0.717, 1.165) is 17.8 Å². The average Bonchev–Trinajstić information content (AvgIpc) is 2.63. The van der Waals surface area contributed by atoms with E-state index in [9.17, 15) is 0 Å². The lowest BCUT2D eigenvalue weighted by atomic mass is 9.80. The first-order valence-electron chi connectivity index (χ1n) is 5.24. The van der Waals surface area contributed by atoms with E-state index in [1.165, 1.54) is 25.7 Å². The summed E-state index contributed by atoms with van der Waals surface area (Å²) in [6.07, 6.45) is 10.6. The Morgan fingerprint density at radius 2 is 1.92 bits per heavy atom. The lowest BCUT2D eigenvalue weighted by Crippen LogP contribution is -2.10. The highest BCUT2D eigenvalue weighted by molar-refractivity contribution is 5.38. The van der Waals surface area contributed by atoms with Gasteiger partial charge in [0.25, 0.3) is 0 Å². The molecule has 3 rings (SSSR count). The molecule has 0 aromatic rings. The number of hydrogen-bond acceptors (Lipinski definition) is 0. The molecule has 0 fully saturated rings. The van der Waals surface area contributed by atoms with Crippen LogP contribution in [0.15, 0.2) is 23.3 Å². The predicted octanol–water partition coefficient (Wildman–Crippen LogP) is 3.31. The molecule has 3 atom stereocenters. The Labute approximate surface area is 74.4 Å². The van der Waals surface area contributed by atoms with Crippen LogP contribution in [0.25, 0.3) is 0 Å². The zero-order chi connectivity index (χ0) is 8.13. The van der Waals surface area contributed by atoms with Crippen LogP contribution in [0.1, 0.15) is 32.6 Å². The largest absolute Gasteiger partial charge is 0.0807 e. The molecule has 3 aliphatic rings. The molecular weight excluding hydrogens is 144 g/mol. The van der Waals surface area contributed by atoms with Gasteiger partial charge in [-0.3, -0.25) is 0 Å². The molecule has 0 radical (unpaired) electrons. The smallest absolute Gasteiger partial charge is 0.00114 e. The second-order valence-corrected chi connectivity index (χ2v) is 4.73. The minimum Gasteiger partial charge on any atom is -0.0807 e. The fourth-order valence-corrected chi connectivity index (χ4v) is 3.20. The highest BCUT2D eigenvalue weighted by atomic mass is 14.4. The third-order valence-electron chi connectivity index (χ3n) is 3.87. The average molecular weight is 160 g/mol. The van der Waals surface area contributed by atoms with E-state index < -0.39 is 0 Å². The van der Waals surface area contributed by atoms with Crippen LogP contribution in [0.4, 0.5) is 0 Å². The first kappa shape index (κ1) is 6.94. The Hall–Kier alpha value is -0.520. The fraction of sp³-hybridized carbons (Fsp3) is 0.667. The van der Waals surface area contributed by atoms with Crippen molar-refractivity contribution in [3.8, 4) is 0 Å². The van der Waals surface area contributed by atoms with E-state index in [0.29, 0.717) is 0 Å². The summed E-state index contributed by atoms with van der Waals surface area (Å²) in [5.41, 5.74) is 3.67. The maximum atomic E-state index is 2.45. The molecular formula is C12H16. The van der Waals surface area contributed by atoms with Gasteiger partial charge in [-0.1, -0.05) is 30.2 Å². The van der Waals surface area contributed by atoms with Crippen LogP contribution < -0.4 is 0 Å². The van der Waals surface area contributed by atoms with Crippen LogP contribution in [0.3, 0.4) is 0 Å². The van der Waals surface area contributed by atoms with Gasteiger partial charge in [0, 0.05) is 0 Å². The normalized spacial score (nSPS) is 43.9. The van der Waals surface area contributed by atoms with Gasteiger partial charge in [-0.25, -0.2) is 0 Å². The van der Waals surface area contributed by atoms with E-state index in [4.69, 9.17) is 0 Å². The lowest BCUT2D eigenvalue weighted by molar-refractivity contribution is 0.482. The number of hydrogen-bond donors (Lipinski definition) is 0. The topological polar surface area (TPSA) is 0 Å². The third kappa shape index (κ3) is 0.784. The second-order valence-electron chi connectivity index (χ2n) is 4.73. The van der Waals surface area contributed by atoms with Gasteiger partial charge >= 0.3 is 0 Å². The van der Waals surface area contributed by atoms with Crippen molar-refractivity contribution in [1.82, 2.24) is 0 Å². The molecule has 0 saturated heterocycles. The van der Waals surface area contributed by atoms with Gasteiger partial charge in [0.2, 0.25) is 0 Å². The molecule has 0 heterocycles. The third-order valence-corrected chi connectivity index (χ3v) is 3.87. The molecule has 12 heavy (non-hydrogen) atoms. The van der Waals surface area contributed by atoms with Crippen molar-refractivity contribution in [2.24, 2.45) is 17.8 Å². The molecule has 0 aliphatic heterocycles. The molecule has 3 aliphatic carbocycles. The summed E-state index contributed by atoms with van der Waals surface area (Å²) in [5, 5.41) is 0. The summed E-state index contributed by atoms with van der Waals surface area (Å²) in [5.74, 6) is 2.70. The Bertz CT molecular complexity index is 270. The highest BCUT2D eigenvalue weighted by Gasteiger charge is 2.36. The van der Waals surface area contributed by atoms with Crippen molar-refractivity contribution in [3.63, 3.8) is 0 Å². The van der Waals surface area contributed by atoms with E-state index in [2.05, 4.69) is 19.1 Å². The Kier molecular flexibility index (Phi) is 1.30. The lowest BCUT2D eigenvalue weighted by Gasteiger charge is -2.25. The first-order chi connectivity index (χ1) is 5.84. The molecule has 0 N–H and O–H groups in total. The van der Waals surface area contributed by atoms with Gasteiger partial charge in [-0.2, -0.15) is 0 Å². The Balaban J connectivity index is 1.96. The molecule has 0 amide bonds. The van der Waals surface area contributed by atoms with Gasteiger partial charge in [-0.05, 0) is 43.4 Å². The maximum absolute atomic E-state index is 2.45. The summed E-state index contributed by atoms with van der Waals surface area (Å²) in [6, 6.07) is 0. The number of fused-ring (bicyclic) bond motifs is 4. The van der Waals surface area contributed by atoms with Crippen LogP contribution in [0.5, 0.6) is 0 Å². The zero-order valence-electron chi connectivity index (χ0n) is 7.72. The van der Waals surface area contributed by atoms with Crippen molar-refractivity contribution >= 4 is 0 Å². The molecule has 0 aromatic carbocycles. The van der Waals surface area contributed by atoms with Gasteiger partial charge in [-0.15, -0.1) is 0 Å².